The van der Waals surface area contributed by atoms with E-state index < -0.39 is 0 Å². The molecule has 1 N–H and O–H groups in total. The highest BCUT2D eigenvalue weighted by Crippen LogP contribution is 2.29. The summed E-state index contributed by atoms with van der Waals surface area (Å²) >= 11 is 1.85. The van der Waals surface area contributed by atoms with Gasteiger partial charge in [-0.3, -0.25) is 0 Å². The standard InChI is InChI=1S/C16H29N3OS/c1-6-7-14-15(8-17-11(2)3)21-16(18-14)19-9-12(4)20-13(5)10-19/h11-13,17H,6-10H2,1-5H3. The molecular formula is C16H29N3OS. The molecule has 5 heteroatoms. The Bertz CT molecular complexity index is 437. The number of morpholine rings is 1. The Morgan fingerprint density at radius 2 is 2.00 bits per heavy atom. The molecule has 0 saturated carbocycles. The molecular weight excluding hydrogens is 282 g/mol. The van der Waals surface area contributed by atoms with E-state index in [0.717, 1.165) is 32.5 Å². The van der Waals surface area contributed by atoms with Crippen molar-refractivity contribution < 1.29 is 4.74 Å². The molecule has 0 aromatic carbocycles. The molecule has 1 saturated heterocycles. The van der Waals surface area contributed by atoms with E-state index in [-0.39, 0.29) is 12.2 Å². The van der Waals surface area contributed by atoms with Crippen LogP contribution < -0.4 is 10.2 Å². The van der Waals surface area contributed by atoms with Gasteiger partial charge >= 0.3 is 0 Å². The zero-order valence-corrected chi connectivity index (χ0v) is 14.8. The summed E-state index contributed by atoms with van der Waals surface area (Å²) in [4.78, 5) is 8.71. The zero-order valence-electron chi connectivity index (χ0n) is 14.0. The second-order valence-electron chi connectivity index (χ2n) is 6.31. The molecule has 21 heavy (non-hydrogen) atoms. The SMILES string of the molecule is CCCc1nc(N2CC(C)OC(C)C2)sc1CNC(C)C. The molecule has 2 heterocycles. The summed E-state index contributed by atoms with van der Waals surface area (Å²) < 4.78 is 5.82. The number of hydrogen-bond acceptors (Lipinski definition) is 5. The predicted molar refractivity (Wildman–Crippen MR) is 90.3 cm³/mol. The van der Waals surface area contributed by atoms with E-state index in [9.17, 15) is 0 Å². The van der Waals surface area contributed by atoms with Crippen LogP contribution in [0.5, 0.6) is 0 Å². The molecule has 2 atom stereocenters. The lowest BCUT2D eigenvalue weighted by molar-refractivity contribution is -0.00523. The maximum Gasteiger partial charge on any atom is 0.186 e. The number of nitrogens with one attached hydrogen (secondary N) is 1. The third kappa shape index (κ3) is 4.66. The van der Waals surface area contributed by atoms with Crippen LogP contribution in [-0.4, -0.2) is 36.3 Å². The minimum absolute atomic E-state index is 0.282. The summed E-state index contributed by atoms with van der Waals surface area (Å²) in [7, 11) is 0. The van der Waals surface area contributed by atoms with Crippen LogP contribution in [0.25, 0.3) is 0 Å². The Labute approximate surface area is 132 Å². The average Bonchev–Trinajstić information content (AvgIpc) is 2.79. The van der Waals surface area contributed by atoms with Gasteiger partial charge in [-0.2, -0.15) is 0 Å². The van der Waals surface area contributed by atoms with Crippen molar-refractivity contribution in [2.24, 2.45) is 0 Å². The largest absolute Gasteiger partial charge is 0.372 e. The molecule has 120 valence electrons. The van der Waals surface area contributed by atoms with Gasteiger partial charge in [-0.25, -0.2) is 4.98 Å². The maximum absolute atomic E-state index is 5.82. The number of rotatable bonds is 6. The van der Waals surface area contributed by atoms with E-state index in [1.54, 1.807) is 0 Å². The molecule has 0 spiro atoms. The molecule has 1 aliphatic heterocycles. The normalized spacial score (nSPS) is 23.0. The molecule has 0 amide bonds. The number of hydrogen-bond donors (Lipinski definition) is 1. The van der Waals surface area contributed by atoms with Gasteiger partial charge in [0, 0.05) is 30.6 Å². The average molecular weight is 311 g/mol. The summed E-state index contributed by atoms with van der Waals surface area (Å²) in [5.41, 5.74) is 1.28. The number of nitrogens with zero attached hydrogens (tertiary/aromatic N) is 2. The minimum atomic E-state index is 0.282. The van der Waals surface area contributed by atoms with Gasteiger partial charge in [0.15, 0.2) is 5.13 Å². The van der Waals surface area contributed by atoms with Gasteiger partial charge in [0.05, 0.1) is 17.9 Å². The van der Waals surface area contributed by atoms with E-state index in [0.29, 0.717) is 6.04 Å². The predicted octanol–water partition coefficient (Wildman–Crippen LogP) is 3.21. The van der Waals surface area contributed by atoms with Crippen molar-refractivity contribution in [2.75, 3.05) is 18.0 Å². The Hall–Kier alpha value is -0.650. The lowest BCUT2D eigenvalue weighted by atomic mass is 10.2. The second kappa shape index (κ2) is 7.56. The van der Waals surface area contributed by atoms with E-state index in [1.807, 2.05) is 11.3 Å². The van der Waals surface area contributed by atoms with Crippen LogP contribution in [0.4, 0.5) is 5.13 Å². The second-order valence-corrected chi connectivity index (χ2v) is 7.38. The third-order valence-electron chi connectivity index (χ3n) is 3.61. The van der Waals surface area contributed by atoms with Crippen molar-refractivity contribution in [3.63, 3.8) is 0 Å². The highest BCUT2D eigenvalue weighted by Gasteiger charge is 2.25. The maximum atomic E-state index is 5.82. The first-order valence-electron chi connectivity index (χ1n) is 8.12. The number of aromatic nitrogens is 1. The minimum Gasteiger partial charge on any atom is -0.372 e. The molecule has 0 bridgehead atoms. The number of anilines is 1. The fraction of sp³-hybridized carbons (Fsp3) is 0.812. The Morgan fingerprint density at radius 3 is 2.57 bits per heavy atom. The van der Waals surface area contributed by atoms with Gasteiger partial charge in [0.1, 0.15) is 0 Å². The monoisotopic (exact) mass is 311 g/mol. The summed E-state index contributed by atoms with van der Waals surface area (Å²) in [6.45, 7) is 13.7. The quantitative estimate of drug-likeness (QED) is 0.875. The Balaban J connectivity index is 2.13. The van der Waals surface area contributed by atoms with Crippen LogP contribution >= 0.6 is 11.3 Å². The van der Waals surface area contributed by atoms with Gasteiger partial charge in [0.2, 0.25) is 0 Å². The van der Waals surface area contributed by atoms with Gasteiger partial charge in [-0.1, -0.05) is 27.2 Å². The first-order valence-corrected chi connectivity index (χ1v) is 8.93. The van der Waals surface area contributed by atoms with Gasteiger partial charge in [-0.05, 0) is 20.3 Å². The molecule has 2 unspecified atom stereocenters. The molecule has 0 aliphatic carbocycles. The Kier molecular flexibility index (Phi) is 6.02. The van der Waals surface area contributed by atoms with Crippen molar-refractivity contribution in [1.29, 1.82) is 0 Å². The van der Waals surface area contributed by atoms with E-state index in [2.05, 4.69) is 44.8 Å². The first-order chi connectivity index (χ1) is 9.99. The molecule has 1 aliphatic rings. The summed E-state index contributed by atoms with van der Waals surface area (Å²) in [6.07, 6.45) is 2.78. The van der Waals surface area contributed by atoms with Crippen molar-refractivity contribution >= 4 is 16.5 Å². The molecule has 1 aromatic heterocycles. The number of aryl methyl sites for hydroxylation is 1. The van der Waals surface area contributed by atoms with E-state index >= 15 is 0 Å². The molecule has 1 aromatic rings. The fourth-order valence-corrected chi connectivity index (χ4v) is 3.78. The van der Waals surface area contributed by atoms with Crippen LogP contribution in [0, 0.1) is 0 Å². The first kappa shape index (κ1) is 16.7. The summed E-state index contributed by atoms with van der Waals surface area (Å²) in [6, 6.07) is 0.508. The van der Waals surface area contributed by atoms with Crippen molar-refractivity contribution in [3.8, 4) is 0 Å². The topological polar surface area (TPSA) is 37.4 Å². The fourth-order valence-electron chi connectivity index (χ4n) is 2.71. The Morgan fingerprint density at radius 1 is 1.33 bits per heavy atom. The summed E-state index contributed by atoms with van der Waals surface area (Å²) in [5, 5.41) is 4.69. The lowest BCUT2D eigenvalue weighted by Gasteiger charge is -2.35. The van der Waals surface area contributed by atoms with Gasteiger partial charge in [-0.15, -0.1) is 11.3 Å². The summed E-state index contributed by atoms with van der Waals surface area (Å²) in [5.74, 6) is 0. The molecule has 1 fully saturated rings. The van der Waals surface area contributed by atoms with Crippen LogP contribution in [0.15, 0.2) is 0 Å². The van der Waals surface area contributed by atoms with Gasteiger partial charge in [0.25, 0.3) is 0 Å². The number of thiazole rings is 1. The zero-order chi connectivity index (χ0) is 15.4. The molecule has 4 nitrogen and oxygen atoms in total. The van der Waals surface area contributed by atoms with Crippen LogP contribution in [-0.2, 0) is 17.7 Å². The van der Waals surface area contributed by atoms with Crippen LogP contribution in [0.3, 0.4) is 0 Å². The van der Waals surface area contributed by atoms with Crippen LogP contribution in [0.1, 0.15) is 51.6 Å². The smallest absolute Gasteiger partial charge is 0.186 e. The van der Waals surface area contributed by atoms with E-state index in [4.69, 9.17) is 9.72 Å². The van der Waals surface area contributed by atoms with Crippen molar-refractivity contribution in [2.45, 2.75) is 72.3 Å². The van der Waals surface area contributed by atoms with E-state index in [1.165, 1.54) is 15.7 Å². The number of ether oxygens (including phenoxy) is 1. The highest BCUT2D eigenvalue weighted by atomic mass is 32.1. The van der Waals surface area contributed by atoms with Gasteiger partial charge < -0.3 is 15.0 Å². The lowest BCUT2D eigenvalue weighted by Crippen LogP contribution is -2.45. The van der Waals surface area contributed by atoms with Crippen LogP contribution in [0.2, 0.25) is 0 Å². The van der Waals surface area contributed by atoms with Crippen molar-refractivity contribution in [1.82, 2.24) is 10.3 Å². The molecule has 2 rings (SSSR count). The highest BCUT2D eigenvalue weighted by molar-refractivity contribution is 7.15. The molecule has 0 radical (unpaired) electrons. The third-order valence-corrected chi connectivity index (χ3v) is 4.77. The van der Waals surface area contributed by atoms with Crippen molar-refractivity contribution in [3.05, 3.63) is 10.6 Å².